The van der Waals surface area contributed by atoms with Crippen molar-refractivity contribution in [3.8, 4) is 0 Å². The van der Waals surface area contributed by atoms with Gasteiger partial charge >= 0.3 is 0 Å². The molecular formula is C29H26ClN5O3. The van der Waals surface area contributed by atoms with Gasteiger partial charge < -0.3 is 15.5 Å². The van der Waals surface area contributed by atoms with Crippen LogP contribution in [0.3, 0.4) is 0 Å². The Labute approximate surface area is 225 Å². The highest BCUT2D eigenvalue weighted by atomic mass is 35.5. The van der Waals surface area contributed by atoms with Crippen molar-refractivity contribution in [1.29, 1.82) is 0 Å². The second-order valence-electron chi connectivity index (χ2n) is 9.26. The molecule has 3 amide bonds. The predicted molar refractivity (Wildman–Crippen MR) is 148 cm³/mol. The van der Waals surface area contributed by atoms with Gasteiger partial charge in [0.25, 0.3) is 11.8 Å². The van der Waals surface area contributed by atoms with Crippen LogP contribution in [0.15, 0.2) is 72.9 Å². The largest absolute Gasteiger partial charge is 0.339 e. The maximum absolute atomic E-state index is 13.1. The molecule has 9 heteroatoms. The summed E-state index contributed by atoms with van der Waals surface area (Å²) in [5.74, 6) is -0.000293. The van der Waals surface area contributed by atoms with Crippen molar-refractivity contribution in [2.45, 2.75) is 25.7 Å². The number of likely N-dealkylation sites (tertiary alicyclic amines) is 1. The number of benzene rings is 2. The third kappa shape index (κ3) is 5.65. The molecule has 1 saturated heterocycles. The van der Waals surface area contributed by atoms with E-state index in [1.165, 1.54) is 12.5 Å². The number of nitrogens with one attached hydrogen (secondary N) is 2. The number of pyridine rings is 2. The van der Waals surface area contributed by atoms with E-state index in [-0.39, 0.29) is 23.4 Å². The zero-order valence-electron chi connectivity index (χ0n) is 20.8. The molecule has 5 rings (SSSR count). The van der Waals surface area contributed by atoms with Gasteiger partial charge in [-0.15, -0.1) is 0 Å². The fourth-order valence-electron chi connectivity index (χ4n) is 4.67. The Morgan fingerprint density at radius 1 is 0.947 bits per heavy atom. The highest BCUT2D eigenvalue weighted by molar-refractivity contribution is 6.35. The second kappa shape index (κ2) is 11.0. The monoisotopic (exact) mass is 527 g/mol. The van der Waals surface area contributed by atoms with E-state index >= 15 is 0 Å². The van der Waals surface area contributed by atoms with Crippen LogP contribution in [0.5, 0.6) is 0 Å². The number of rotatable bonds is 5. The van der Waals surface area contributed by atoms with Gasteiger partial charge in [-0.2, -0.15) is 0 Å². The lowest BCUT2D eigenvalue weighted by Gasteiger charge is -2.32. The summed E-state index contributed by atoms with van der Waals surface area (Å²) in [4.78, 5) is 47.4. The predicted octanol–water partition coefficient (Wildman–Crippen LogP) is 5.51. The molecule has 0 saturated carbocycles. The van der Waals surface area contributed by atoms with E-state index < -0.39 is 0 Å². The number of carbonyl (C=O) groups excluding carboxylic acids is 3. The Morgan fingerprint density at radius 3 is 2.42 bits per heavy atom. The van der Waals surface area contributed by atoms with Gasteiger partial charge in [-0.3, -0.25) is 19.4 Å². The summed E-state index contributed by atoms with van der Waals surface area (Å²) in [7, 11) is 0. The van der Waals surface area contributed by atoms with E-state index in [1.807, 2.05) is 47.4 Å². The fraction of sp³-hybridized carbons (Fsp3) is 0.207. The number of piperidine rings is 1. The average Bonchev–Trinajstić information content (AvgIpc) is 2.93. The third-order valence-electron chi connectivity index (χ3n) is 6.63. The summed E-state index contributed by atoms with van der Waals surface area (Å²) in [6.07, 6.45) is 3.31. The minimum Gasteiger partial charge on any atom is -0.339 e. The molecule has 0 unspecified atom stereocenters. The summed E-state index contributed by atoms with van der Waals surface area (Å²) in [6, 6.07) is 20.0. The smallest absolute Gasteiger partial charge is 0.274 e. The van der Waals surface area contributed by atoms with Crippen molar-refractivity contribution in [2.24, 2.45) is 0 Å². The number of fused-ring (bicyclic) bond motifs is 1. The van der Waals surface area contributed by atoms with Gasteiger partial charge in [0.05, 0.1) is 11.1 Å². The molecule has 3 heterocycles. The lowest BCUT2D eigenvalue weighted by atomic mass is 9.89. The van der Waals surface area contributed by atoms with Gasteiger partial charge in [0.15, 0.2) is 0 Å². The molecule has 1 aliphatic rings. The number of halogens is 1. The molecule has 2 N–H and O–H groups in total. The first kappa shape index (κ1) is 25.4. The lowest BCUT2D eigenvalue weighted by molar-refractivity contribution is -0.114. The maximum atomic E-state index is 13.1. The number of nitrogens with zero attached hydrogens (tertiary/aromatic N) is 3. The zero-order chi connectivity index (χ0) is 26.6. The number of carbonyl (C=O) groups is 3. The highest BCUT2D eigenvalue weighted by Gasteiger charge is 2.25. The molecule has 2 aromatic carbocycles. The van der Waals surface area contributed by atoms with Crippen LogP contribution in [0.4, 0.5) is 11.5 Å². The SMILES string of the molecule is CC(=O)Nc1cccc(C(=O)Nc2ccc(C3CCN(C(=O)c4cnc5cccc(Cl)c5c4)CC3)cc2)n1. The second-order valence-corrected chi connectivity index (χ2v) is 9.67. The minimum absolute atomic E-state index is 0.0352. The van der Waals surface area contributed by atoms with Crippen molar-refractivity contribution in [3.63, 3.8) is 0 Å². The van der Waals surface area contributed by atoms with Crippen LogP contribution in [0.2, 0.25) is 5.02 Å². The number of aromatic nitrogens is 2. The van der Waals surface area contributed by atoms with Crippen LogP contribution in [0, 0.1) is 0 Å². The molecule has 4 aromatic rings. The molecule has 0 aliphatic carbocycles. The van der Waals surface area contributed by atoms with Gasteiger partial charge in [0.2, 0.25) is 5.91 Å². The van der Waals surface area contributed by atoms with Crippen molar-refractivity contribution >= 4 is 51.7 Å². The number of amides is 3. The van der Waals surface area contributed by atoms with Gasteiger partial charge in [0, 0.05) is 42.3 Å². The van der Waals surface area contributed by atoms with Crippen molar-refractivity contribution in [3.05, 3.63) is 94.8 Å². The molecule has 0 bridgehead atoms. The van der Waals surface area contributed by atoms with Crippen LogP contribution in [-0.4, -0.2) is 45.7 Å². The minimum atomic E-state index is -0.360. The third-order valence-corrected chi connectivity index (χ3v) is 6.96. The Morgan fingerprint density at radius 2 is 1.68 bits per heavy atom. The normalized spacial score (nSPS) is 13.8. The number of hydrogen-bond donors (Lipinski definition) is 2. The zero-order valence-corrected chi connectivity index (χ0v) is 21.5. The van der Waals surface area contributed by atoms with Gasteiger partial charge in [-0.05, 0) is 66.8 Å². The molecule has 1 aliphatic heterocycles. The Hall–Kier alpha value is -4.30. The van der Waals surface area contributed by atoms with Gasteiger partial charge in [-0.1, -0.05) is 35.9 Å². The lowest BCUT2D eigenvalue weighted by Crippen LogP contribution is -2.38. The van der Waals surface area contributed by atoms with Crippen LogP contribution >= 0.6 is 11.6 Å². The van der Waals surface area contributed by atoms with Gasteiger partial charge in [0.1, 0.15) is 11.5 Å². The Bertz CT molecular complexity index is 1510. The molecule has 38 heavy (non-hydrogen) atoms. The average molecular weight is 528 g/mol. The van der Waals surface area contributed by atoms with Crippen molar-refractivity contribution in [1.82, 2.24) is 14.9 Å². The molecule has 2 aromatic heterocycles. The van der Waals surface area contributed by atoms with E-state index in [2.05, 4.69) is 20.6 Å². The van der Waals surface area contributed by atoms with Crippen molar-refractivity contribution in [2.75, 3.05) is 23.7 Å². The Balaban J connectivity index is 1.18. The van der Waals surface area contributed by atoms with Crippen LogP contribution < -0.4 is 10.6 Å². The van der Waals surface area contributed by atoms with E-state index in [0.29, 0.717) is 41.1 Å². The fourth-order valence-corrected chi connectivity index (χ4v) is 4.90. The molecule has 1 fully saturated rings. The standard InChI is InChI=1S/C29H26ClN5O3/c1-18(36)32-27-7-3-6-26(34-27)28(37)33-22-10-8-19(9-11-22)20-12-14-35(15-13-20)29(38)21-16-23-24(30)4-2-5-25(23)31-17-21/h2-11,16-17,20H,12-15H2,1H3,(H,33,37)(H,32,34,36). The molecule has 0 spiro atoms. The summed E-state index contributed by atoms with van der Waals surface area (Å²) < 4.78 is 0. The van der Waals surface area contributed by atoms with E-state index in [0.717, 1.165) is 23.7 Å². The summed E-state index contributed by atoms with van der Waals surface area (Å²) >= 11 is 6.29. The van der Waals surface area contributed by atoms with E-state index in [1.54, 1.807) is 30.5 Å². The summed E-state index contributed by atoms with van der Waals surface area (Å²) in [5, 5.41) is 6.77. The van der Waals surface area contributed by atoms with Crippen molar-refractivity contribution < 1.29 is 14.4 Å². The summed E-state index contributed by atoms with van der Waals surface area (Å²) in [5.41, 5.74) is 3.34. The molecular weight excluding hydrogens is 502 g/mol. The first-order chi connectivity index (χ1) is 18.4. The molecule has 192 valence electrons. The highest BCUT2D eigenvalue weighted by Crippen LogP contribution is 2.30. The molecule has 0 atom stereocenters. The molecule has 0 radical (unpaired) electrons. The first-order valence-electron chi connectivity index (χ1n) is 12.4. The maximum Gasteiger partial charge on any atom is 0.274 e. The number of anilines is 2. The first-order valence-corrected chi connectivity index (χ1v) is 12.7. The van der Waals surface area contributed by atoms with Crippen LogP contribution in [0.25, 0.3) is 10.9 Å². The molecule has 8 nitrogen and oxygen atoms in total. The van der Waals surface area contributed by atoms with E-state index in [4.69, 9.17) is 11.6 Å². The van der Waals surface area contributed by atoms with Crippen LogP contribution in [-0.2, 0) is 4.79 Å². The quantitative estimate of drug-likeness (QED) is 0.356. The van der Waals surface area contributed by atoms with Gasteiger partial charge in [-0.25, -0.2) is 4.98 Å². The Kier molecular flexibility index (Phi) is 7.33. The topological polar surface area (TPSA) is 104 Å². The number of hydrogen-bond acceptors (Lipinski definition) is 5. The summed E-state index contributed by atoms with van der Waals surface area (Å²) in [6.45, 7) is 2.69. The van der Waals surface area contributed by atoms with Crippen LogP contribution in [0.1, 0.15) is 52.1 Å². The van der Waals surface area contributed by atoms with E-state index in [9.17, 15) is 14.4 Å².